The van der Waals surface area contributed by atoms with Crippen LogP contribution in [-0.2, 0) is 16.1 Å². The molecular weight excluding hydrogens is 246 g/mol. The normalized spacial score (nSPS) is 12.1. The number of hydrogen-bond acceptors (Lipinski definition) is 6. The molecule has 1 aromatic heterocycles. The molecule has 0 bridgehead atoms. The minimum absolute atomic E-state index is 0.0873. The van der Waals surface area contributed by atoms with Gasteiger partial charge in [0.05, 0.1) is 0 Å². The second-order valence-corrected chi connectivity index (χ2v) is 4.23. The Balaban J connectivity index is 2.43. The van der Waals surface area contributed by atoms with Crippen molar-refractivity contribution in [3.05, 3.63) is 6.33 Å². The number of amides is 1. The van der Waals surface area contributed by atoms with E-state index in [1.807, 2.05) is 6.26 Å². The highest BCUT2D eigenvalue weighted by Gasteiger charge is 2.19. The maximum Gasteiger partial charge on any atom is 0.326 e. The Morgan fingerprint density at radius 3 is 2.88 bits per heavy atom. The summed E-state index contributed by atoms with van der Waals surface area (Å²) in [6, 6.07) is -0.869. The maximum absolute atomic E-state index is 11.5. The lowest BCUT2D eigenvalue weighted by Gasteiger charge is -2.13. The number of aromatic nitrogens is 4. The predicted molar refractivity (Wildman–Crippen MR) is 60.4 cm³/mol. The number of nitrogens with one attached hydrogen (secondary N) is 1. The lowest BCUT2D eigenvalue weighted by molar-refractivity contribution is -0.142. The van der Waals surface area contributed by atoms with Crippen molar-refractivity contribution in [1.82, 2.24) is 25.5 Å². The van der Waals surface area contributed by atoms with Gasteiger partial charge in [-0.2, -0.15) is 11.8 Å². The van der Waals surface area contributed by atoms with E-state index in [0.29, 0.717) is 12.2 Å². The third-order valence-corrected chi connectivity index (χ3v) is 2.58. The first-order chi connectivity index (χ1) is 8.13. The van der Waals surface area contributed by atoms with E-state index in [-0.39, 0.29) is 6.54 Å². The molecule has 0 aliphatic carbocycles. The highest BCUT2D eigenvalue weighted by Crippen LogP contribution is 2.01. The molecule has 0 aromatic carbocycles. The number of hydrogen-bond donors (Lipinski definition) is 2. The summed E-state index contributed by atoms with van der Waals surface area (Å²) in [4.78, 5) is 22.4. The molecule has 94 valence electrons. The molecule has 17 heavy (non-hydrogen) atoms. The van der Waals surface area contributed by atoms with Crippen molar-refractivity contribution in [3.8, 4) is 0 Å². The molecule has 0 unspecified atom stereocenters. The van der Waals surface area contributed by atoms with Gasteiger partial charge in [-0.3, -0.25) is 4.79 Å². The van der Waals surface area contributed by atoms with Gasteiger partial charge in [0.25, 0.3) is 0 Å². The highest BCUT2D eigenvalue weighted by atomic mass is 32.2. The minimum Gasteiger partial charge on any atom is -0.480 e. The summed E-state index contributed by atoms with van der Waals surface area (Å²) >= 11 is 1.53. The molecular formula is C8H13N5O3S. The van der Waals surface area contributed by atoms with Crippen molar-refractivity contribution in [2.75, 3.05) is 12.0 Å². The van der Waals surface area contributed by atoms with Gasteiger partial charge in [0.1, 0.15) is 18.9 Å². The minimum atomic E-state index is -1.04. The van der Waals surface area contributed by atoms with Crippen LogP contribution in [0.15, 0.2) is 6.33 Å². The standard InChI is InChI=1S/C8H13N5O3S/c1-17-3-2-6(8(15)16)10-7(14)4-13-5-9-11-12-13/h5-6H,2-4H2,1H3,(H,10,14)(H,15,16)/t6-/m0/s1. The number of carboxylic acids is 1. The average molecular weight is 259 g/mol. The number of rotatable bonds is 7. The van der Waals surface area contributed by atoms with E-state index in [2.05, 4.69) is 20.8 Å². The van der Waals surface area contributed by atoms with Crippen LogP contribution < -0.4 is 5.32 Å². The number of aliphatic carboxylic acids is 1. The molecule has 0 aliphatic rings. The van der Waals surface area contributed by atoms with Crippen molar-refractivity contribution in [2.24, 2.45) is 0 Å². The van der Waals surface area contributed by atoms with Crippen molar-refractivity contribution in [2.45, 2.75) is 19.0 Å². The topological polar surface area (TPSA) is 110 Å². The van der Waals surface area contributed by atoms with E-state index < -0.39 is 17.9 Å². The van der Waals surface area contributed by atoms with Crippen LogP contribution in [0.3, 0.4) is 0 Å². The average Bonchev–Trinajstić information content (AvgIpc) is 2.76. The van der Waals surface area contributed by atoms with Crippen LogP contribution in [0.4, 0.5) is 0 Å². The van der Waals surface area contributed by atoms with E-state index in [4.69, 9.17) is 5.11 Å². The number of tetrazole rings is 1. The first kappa shape index (κ1) is 13.4. The summed E-state index contributed by atoms with van der Waals surface area (Å²) in [7, 11) is 0. The van der Waals surface area contributed by atoms with Gasteiger partial charge in [0.2, 0.25) is 5.91 Å². The number of carboxylic acid groups (broad SMARTS) is 1. The van der Waals surface area contributed by atoms with Crippen LogP contribution in [0, 0.1) is 0 Å². The van der Waals surface area contributed by atoms with E-state index in [1.165, 1.54) is 22.8 Å². The number of carbonyl (C=O) groups is 2. The largest absolute Gasteiger partial charge is 0.480 e. The molecule has 0 saturated heterocycles. The molecule has 1 heterocycles. The Bertz CT molecular complexity index is 369. The fourth-order valence-corrected chi connectivity index (χ4v) is 1.60. The predicted octanol–water partition coefficient (Wildman–Crippen LogP) is -1.00. The summed E-state index contributed by atoms with van der Waals surface area (Å²) in [6.45, 7) is -0.0873. The SMILES string of the molecule is CSCC[C@H](NC(=O)Cn1cnnn1)C(=O)O. The Hall–Kier alpha value is -1.64. The van der Waals surface area contributed by atoms with Crippen LogP contribution in [0.2, 0.25) is 0 Å². The molecule has 9 heteroatoms. The lowest BCUT2D eigenvalue weighted by atomic mass is 10.2. The van der Waals surface area contributed by atoms with Crippen LogP contribution in [0.25, 0.3) is 0 Å². The monoisotopic (exact) mass is 259 g/mol. The third-order valence-electron chi connectivity index (χ3n) is 1.94. The molecule has 1 rings (SSSR count). The zero-order valence-corrected chi connectivity index (χ0v) is 10.1. The van der Waals surface area contributed by atoms with Gasteiger partial charge in [-0.25, -0.2) is 9.48 Å². The van der Waals surface area contributed by atoms with Gasteiger partial charge < -0.3 is 10.4 Å². The van der Waals surface area contributed by atoms with Gasteiger partial charge in [0, 0.05) is 0 Å². The lowest BCUT2D eigenvalue weighted by Crippen LogP contribution is -2.42. The zero-order chi connectivity index (χ0) is 12.7. The van der Waals surface area contributed by atoms with Crippen LogP contribution in [0.5, 0.6) is 0 Å². The second kappa shape index (κ2) is 6.84. The molecule has 0 aliphatic heterocycles. The molecule has 0 spiro atoms. The van der Waals surface area contributed by atoms with Crippen molar-refractivity contribution >= 4 is 23.6 Å². The molecule has 2 N–H and O–H groups in total. The summed E-state index contributed by atoms with van der Waals surface area (Å²) in [5.74, 6) is -0.794. The molecule has 1 aromatic rings. The smallest absolute Gasteiger partial charge is 0.326 e. The van der Waals surface area contributed by atoms with E-state index >= 15 is 0 Å². The van der Waals surface area contributed by atoms with Gasteiger partial charge in [-0.05, 0) is 28.9 Å². The molecule has 0 saturated carbocycles. The summed E-state index contributed by atoms with van der Waals surface area (Å²) in [5, 5.41) is 21.6. The number of carbonyl (C=O) groups excluding carboxylic acids is 1. The first-order valence-electron chi connectivity index (χ1n) is 4.85. The summed E-state index contributed by atoms with van der Waals surface area (Å²) < 4.78 is 1.23. The Kier molecular flexibility index (Phi) is 5.40. The fourth-order valence-electron chi connectivity index (χ4n) is 1.13. The third kappa shape index (κ3) is 4.81. The van der Waals surface area contributed by atoms with Crippen LogP contribution in [0.1, 0.15) is 6.42 Å². The Morgan fingerprint density at radius 1 is 1.59 bits per heavy atom. The molecule has 1 atom stereocenters. The van der Waals surface area contributed by atoms with Crippen molar-refractivity contribution in [3.63, 3.8) is 0 Å². The summed E-state index contributed by atoms with van der Waals surface area (Å²) in [6.07, 6.45) is 3.55. The van der Waals surface area contributed by atoms with Crippen molar-refractivity contribution in [1.29, 1.82) is 0 Å². The molecule has 0 fully saturated rings. The van der Waals surface area contributed by atoms with E-state index in [0.717, 1.165) is 0 Å². The van der Waals surface area contributed by atoms with Gasteiger partial charge in [-0.1, -0.05) is 0 Å². The van der Waals surface area contributed by atoms with E-state index in [1.54, 1.807) is 0 Å². The molecule has 8 nitrogen and oxygen atoms in total. The highest BCUT2D eigenvalue weighted by molar-refractivity contribution is 7.98. The van der Waals surface area contributed by atoms with Gasteiger partial charge in [-0.15, -0.1) is 5.10 Å². The van der Waals surface area contributed by atoms with Gasteiger partial charge >= 0.3 is 5.97 Å². The molecule has 1 amide bonds. The van der Waals surface area contributed by atoms with E-state index in [9.17, 15) is 9.59 Å². The quantitative estimate of drug-likeness (QED) is 0.646. The Morgan fingerprint density at radius 2 is 2.35 bits per heavy atom. The maximum atomic E-state index is 11.5. The number of nitrogens with zero attached hydrogens (tertiary/aromatic N) is 4. The Labute approximate surface area is 102 Å². The number of thioether (sulfide) groups is 1. The zero-order valence-electron chi connectivity index (χ0n) is 9.24. The second-order valence-electron chi connectivity index (χ2n) is 3.25. The van der Waals surface area contributed by atoms with Crippen LogP contribution >= 0.6 is 11.8 Å². The van der Waals surface area contributed by atoms with Crippen LogP contribution in [-0.4, -0.2) is 55.2 Å². The van der Waals surface area contributed by atoms with Crippen molar-refractivity contribution < 1.29 is 14.7 Å². The summed E-state index contributed by atoms with van der Waals surface area (Å²) in [5.41, 5.74) is 0. The van der Waals surface area contributed by atoms with Gasteiger partial charge in [0.15, 0.2) is 0 Å². The first-order valence-corrected chi connectivity index (χ1v) is 6.24. The molecule has 0 radical (unpaired) electrons. The fraction of sp³-hybridized carbons (Fsp3) is 0.625.